The van der Waals surface area contributed by atoms with Gasteiger partial charge in [-0.3, -0.25) is 14.4 Å². The number of carbonyl (C=O) groups excluding carboxylic acids is 3. The summed E-state index contributed by atoms with van der Waals surface area (Å²) in [6.07, 6.45) is 6.20. The minimum Gasteiger partial charge on any atom is -0.396 e. The molecule has 38 heavy (non-hydrogen) atoms. The van der Waals surface area contributed by atoms with E-state index in [0.717, 1.165) is 5.56 Å². The molecular weight excluding hydrogens is 482 g/mol. The van der Waals surface area contributed by atoms with Gasteiger partial charge in [-0.1, -0.05) is 49.4 Å². The summed E-state index contributed by atoms with van der Waals surface area (Å²) in [7, 11) is 1.72. The van der Waals surface area contributed by atoms with Crippen LogP contribution in [-0.4, -0.2) is 88.1 Å². The molecule has 1 aromatic carbocycles. The quantitative estimate of drug-likeness (QED) is 0.317. The fraction of sp³-hybridized carbons (Fsp3) is 0.567. The van der Waals surface area contributed by atoms with Crippen LogP contribution in [0.15, 0.2) is 55.6 Å². The molecule has 5 atom stereocenters. The molecule has 0 aromatic heterocycles. The van der Waals surface area contributed by atoms with E-state index in [-0.39, 0.29) is 24.3 Å². The Morgan fingerprint density at radius 1 is 1.13 bits per heavy atom. The fourth-order valence-corrected chi connectivity index (χ4v) is 6.89. The van der Waals surface area contributed by atoms with Gasteiger partial charge in [0, 0.05) is 39.8 Å². The van der Waals surface area contributed by atoms with E-state index in [1.807, 2.05) is 37.3 Å². The Labute approximate surface area is 225 Å². The summed E-state index contributed by atoms with van der Waals surface area (Å²) in [5.41, 5.74) is -0.853. The van der Waals surface area contributed by atoms with Crippen LogP contribution in [0.2, 0.25) is 0 Å². The zero-order valence-electron chi connectivity index (χ0n) is 22.7. The molecule has 0 radical (unpaired) electrons. The number of likely N-dealkylation sites (N-methyl/N-ethyl adjacent to an activating group) is 1. The Kier molecular flexibility index (Phi) is 8.43. The fourth-order valence-electron chi connectivity index (χ4n) is 6.89. The van der Waals surface area contributed by atoms with Crippen molar-refractivity contribution in [3.63, 3.8) is 0 Å². The van der Waals surface area contributed by atoms with Crippen LogP contribution in [0.1, 0.15) is 44.6 Å². The number of rotatable bonds is 13. The van der Waals surface area contributed by atoms with E-state index < -0.39 is 29.1 Å². The summed E-state index contributed by atoms with van der Waals surface area (Å²) < 4.78 is 6.84. The van der Waals surface area contributed by atoms with Gasteiger partial charge in [0.25, 0.3) is 0 Å². The molecular formula is C30H41N3O5. The number of hydrogen-bond donors (Lipinski definition) is 1. The van der Waals surface area contributed by atoms with Crippen molar-refractivity contribution in [2.24, 2.45) is 11.8 Å². The highest BCUT2D eigenvalue weighted by molar-refractivity contribution is 5.99. The molecule has 2 unspecified atom stereocenters. The van der Waals surface area contributed by atoms with E-state index in [1.54, 1.807) is 33.9 Å². The summed E-state index contributed by atoms with van der Waals surface area (Å²) in [6, 6.07) is 8.90. The predicted molar refractivity (Wildman–Crippen MR) is 145 cm³/mol. The highest BCUT2D eigenvalue weighted by Crippen LogP contribution is 2.64. The lowest BCUT2D eigenvalue weighted by atomic mass is 9.64. The monoisotopic (exact) mass is 523 g/mol. The second kappa shape index (κ2) is 11.4. The largest absolute Gasteiger partial charge is 0.396 e. The van der Waals surface area contributed by atoms with E-state index in [2.05, 4.69) is 13.2 Å². The smallest absolute Gasteiger partial charge is 0.248 e. The van der Waals surface area contributed by atoms with Crippen molar-refractivity contribution in [1.29, 1.82) is 0 Å². The van der Waals surface area contributed by atoms with Gasteiger partial charge in [-0.2, -0.15) is 0 Å². The highest BCUT2D eigenvalue weighted by Gasteiger charge is 2.78. The van der Waals surface area contributed by atoms with Crippen molar-refractivity contribution >= 4 is 17.7 Å². The van der Waals surface area contributed by atoms with Gasteiger partial charge in [0.2, 0.25) is 17.7 Å². The molecule has 8 heteroatoms. The minimum absolute atomic E-state index is 0.00865. The predicted octanol–water partition coefficient (Wildman–Crippen LogP) is 2.77. The number of amides is 3. The SMILES string of the molecule is C=CCN(C)C(=O)[C@@H]1[C@H]2C(=O)N(CCCCO)C(C(=O)N(CC=C)Cc3ccccc3)C23CC[C@@]1(CC)O3. The number of ether oxygens (including phenoxy) is 1. The second-order valence-electron chi connectivity index (χ2n) is 10.8. The first-order chi connectivity index (χ1) is 18.3. The molecule has 3 amide bonds. The van der Waals surface area contributed by atoms with Crippen LogP contribution in [0.3, 0.4) is 0 Å². The van der Waals surface area contributed by atoms with E-state index >= 15 is 0 Å². The lowest BCUT2D eigenvalue weighted by molar-refractivity contribution is -0.155. The molecule has 1 spiro atoms. The zero-order valence-corrected chi connectivity index (χ0v) is 22.7. The van der Waals surface area contributed by atoms with Crippen molar-refractivity contribution in [1.82, 2.24) is 14.7 Å². The third kappa shape index (κ3) is 4.58. The lowest BCUT2D eigenvalue weighted by Crippen LogP contribution is -2.56. The van der Waals surface area contributed by atoms with E-state index in [0.29, 0.717) is 58.3 Å². The zero-order chi connectivity index (χ0) is 27.5. The van der Waals surface area contributed by atoms with Gasteiger partial charge in [0.15, 0.2) is 0 Å². The summed E-state index contributed by atoms with van der Waals surface area (Å²) in [5.74, 6) is -1.89. The Bertz CT molecular complexity index is 1060. The molecule has 8 nitrogen and oxygen atoms in total. The normalized spacial score (nSPS) is 29.3. The Morgan fingerprint density at radius 3 is 2.47 bits per heavy atom. The van der Waals surface area contributed by atoms with Crippen LogP contribution in [0.5, 0.6) is 0 Å². The summed E-state index contributed by atoms with van der Waals surface area (Å²) in [6.45, 7) is 11.0. The number of hydrogen-bond acceptors (Lipinski definition) is 5. The topological polar surface area (TPSA) is 90.4 Å². The third-order valence-corrected chi connectivity index (χ3v) is 8.64. The molecule has 2 bridgehead atoms. The average Bonchev–Trinajstić information content (AvgIpc) is 3.52. The van der Waals surface area contributed by atoms with Gasteiger partial charge in [0.05, 0.1) is 17.4 Å². The highest BCUT2D eigenvalue weighted by atomic mass is 16.5. The van der Waals surface area contributed by atoms with Crippen LogP contribution in [0, 0.1) is 11.8 Å². The molecule has 3 fully saturated rings. The third-order valence-electron chi connectivity index (χ3n) is 8.64. The van der Waals surface area contributed by atoms with Crippen LogP contribution in [-0.2, 0) is 25.7 Å². The van der Waals surface area contributed by atoms with Crippen molar-refractivity contribution in [2.75, 3.05) is 33.3 Å². The molecule has 3 saturated heterocycles. The number of unbranched alkanes of at least 4 members (excludes halogenated alkanes) is 1. The maximum Gasteiger partial charge on any atom is 0.248 e. The van der Waals surface area contributed by atoms with Gasteiger partial charge in [-0.25, -0.2) is 0 Å². The molecule has 1 aromatic rings. The van der Waals surface area contributed by atoms with Gasteiger partial charge < -0.3 is 24.5 Å². The van der Waals surface area contributed by atoms with Gasteiger partial charge in [-0.05, 0) is 37.7 Å². The molecule has 206 valence electrons. The molecule has 0 saturated carbocycles. The van der Waals surface area contributed by atoms with E-state index in [9.17, 15) is 19.5 Å². The first kappa shape index (κ1) is 28.0. The van der Waals surface area contributed by atoms with Gasteiger partial charge in [0.1, 0.15) is 11.6 Å². The molecule has 4 rings (SSSR count). The van der Waals surface area contributed by atoms with Crippen molar-refractivity contribution in [3.05, 3.63) is 61.2 Å². The van der Waals surface area contributed by atoms with Crippen molar-refractivity contribution in [3.8, 4) is 0 Å². The Morgan fingerprint density at radius 2 is 1.84 bits per heavy atom. The van der Waals surface area contributed by atoms with Gasteiger partial charge >= 0.3 is 0 Å². The van der Waals surface area contributed by atoms with Crippen molar-refractivity contribution < 1.29 is 24.2 Å². The molecule has 3 heterocycles. The van der Waals surface area contributed by atoms with Crippen LogP contribution >= 0.6 is 0 Å². The number of likely N-dealkylation sites (tertiary alicyclic amines) is 1. The second-order valence-corrected chi connectivity index (χ2v) is 10.8. The lowest BCUT2D eigenvalue weighted by Gasteiger charge is -2.37. The standard InChI is InChI=1S/C30H41N3O5/c1-5-17-31(4)26(35)23-24-27(36)33(19-11-12-20-34)25(30(24)16-15-29(23,7-3)38-30)28(37)32(18-6-2)21-22-13-9-8-10-14-22/h5-6,8-10,13-14,23-25,34H,1-2,7,11-12,15-21H2,3-4H3/t23-,24-,25?,29+,30?/m0/s1. The number of nitrogens with zero attached hydrogens (tertiary/aromatic N) is 3. The Hall–Kier alpha value is -2.97. The number of aliphatic hydroxyl groups excluding tert-OH is 1. The van der Waals surface area contributed by atoms with E-state index in [4.69, 9.17) is 4.74 Å². The Balaban J connectivity index is 1.76. The van der Waals surface area contributed by atoms with E-state index in [1.165, 1.54) is 0 Å². The number of fused-ring (bicyclic) bond motifs is 1. The molecule has 3 aliphatic rings. The summed E-state index contributed by atoms with van der Waals surface area (Å²) in [5, 5.41) is 9.39. The summed E-state index contributed by atoms with van der Waals surface area (Å²) in [4.78, 5) is 47.3. The summed E-state index contributed by atoms with van der Waals surface area (Å²) >= 11 is 0. The van der Waals surface area contributed by atoms with Crippen LogP contribution < -0.4 is 0 Å². The molecule has 3 aliphatic heterocycles. The number of carbonyl (C=O) groups is 3. The average molecular weight is 524 g/mol. The van der Waals surface area contributed by atoms with Gasteiger partial charge in [-0.15, -0.1) is 13.2 Å². The first-order valence-corrected chi connectivity index (χ1v) is 13.7. The molecule has 1 N–H and O–H groups in total. The molecule has 0 aliphatic carbocycles. The maximum atomic E-state index is 14.4. The van der Waals surface area contributed by atoms with Crippen LogP contribution in [0.25, 0.3) is 0 Å². The first-order valence-electron chi connectivity index (χ1n) is 13.7. The van der Waals surface area contributed by atoms with Crippen LogP contribution in [0.4, 0.5) is 0 Å². The van der Waals surface area contributed by atoms with Crippen molar-refractivity contribution in [2.45, 2.75) is 62.8 Å². The minimum atomic E-state index is -1.06. The number of aliphatic hydroxyl groups is 1. The maximum absolute atomic E-state index is 14.4. The number of benzene rings is 1.